The van der Waals surface area contributed by atoms with E-state index in [9.17, 15) is 0 Å². The van der Waals surface area contributed by atoms with Crippen LogP contribution in [-0.4, -0.2) is 20.6 Å². The summed E-state index contributed by atoms with van der Waals surface area (Å²) in [6, 6.07) is 1.40. The first-order valence-electron chi connectivity index (χ1n) is 6.47. The Morgan fingerprint density at radius 2 is 2.39 bits per heavy atom. The molecule has 5 heteroatoms. The van der Waals surface area contributed by atoms with Crippen LogP contribution < -0.4 is 5.32 Å². The highest BCUT2D eigenvalue weighted by atomic mass is 32.1. The van der Waals surface area contributed by atoms with E-state index >= 15 is 0 Å². The SMILES string of the molecule is CC(NC1CCCC1n1ccnc1)c1nccs1. The monoisotopic (exact) mass is 262 g/mol. The first-order valence-corrected chi connectivity index (χ1v) is 7.35. The third-order valence-electron chi connectivity index (χ3n) is 3.67. The van der Waals surface area contributed by atoms with Crippen LogP contribution in [0.4, 0.5) is 0 Å². The Labute approximate surface area is 111 Å². The summed E-state index contributed by atoms with van der Waals surface area (Å²) in [4.78, 5) is 8.54. The molecule has 0 aromatic carbocycles. The Morgan fingerprint density at radius 1 is 1.44 bits per heavy atom. The molecule has 0 saturated heterocycles. The maximum Gasteiger partial charge on any atom is 0.109 e. The molecule has 1 fully saturated rings. The van der Waals surface area contributed by atoms with Crippen LogP contribution in [-0.2, 0) is 0 Å². The van der Waals surface area contributed by atoms with Gasteiger partial charge in [-0.15, -0.1) is 11.3 Å². The molecule has 1 saturated carbocycles. The van der Waals surface area contributed by atoms with Gasteiger partial charge in [0.15, 0.2) is 0 Å². The van der Waals surface area contributed by atoms with Crippen molar-refractivity contribution in [3.05, 3.63) is 35.3 Å². The van der Waals surface area contributed by atoms with E-state index in [4.69, 9.17) is 0 Å². The zero-order valence-corrected chi connectivity index (χ0v) is 11.3. The third-order valence-corrected chi connectivity index (χ3v) is 4.63. The lowest BCUT2D eigenvalue weighted by Gasteiger charge is -2.25. The first-order chi connectivity index (χ1) is 8.84. The van der Waals surface area contributed by atoms with Crippen LogP contribution in [0.15, 0.2) is 30.3 Å². The Morgan fingerprint density at radius 3 is 3.11 bits per heavy atom. The molecule has 0 aliphatic heterocycles. The number of thiazole rings is 1. The van der Waals surface area contributed by atoms with E-state index in [1.807, 2.05) is 24.1 Å². The second kappa shape index (κ2) is 5.20. The molecule has 4 nitrogen and oxygen atoms in total. The fraction of sp³-hybridized carbons (Fsp3) is 0.538. The number of nitrogens with one attached hydrogen (secondary N) is 1. The van der Waals surface area contributed by atoms with Gasteiger partial charge >= 0.3 is 0 Å². The number of nitrogens with zero attached hydrogens (tertiary/aromatic N) is 3. The van der Waals surface area contributed by atoms with Crippen molar-refractivity contribution >= 4 is 11.3 Å². The van der Waals surface area contributed by atoms with Gasteiger partial charge in [-0.1, -0.05) is 0 Å². The number of rotatable bonds is 4. The second-order valence-electron chi connectivity index (χ2n) is 4.87. The molecule has 0 bridgehead atoms. The highest BCUT2D eigenvalue weighted by molar-refractivity contribution is 7.09. The first kappa shape index (κ1) is 11.9. The summed E-state index contributed by atoms with van der Waals surface area (Å²) < 4.78 is 2.24. The van der Waals surface area contributed by atoms with Gasteiger partial charge in [0.1, 0.15) is 5.01 Å². The van der Waals surface area contributed by atoms with Gasteiger partial charge in [0, 0.05) is 36.1 Å². The highest BCUT2D eigenvalue weighted by Gasteiger charge is 2.29. The van der Waals surface area contributed by atoms with Crippen molar-refractivity contribution in [2.24, 2.45) is 0 Å². The van der Waals surface area contributed by atoms with Gasteiger partial charge in [-0.25, -0.2) is 9.97 Å². The van der Waals surface area contributed by atoms with Crippen LogP contribution in [0, 0.1) is 0 Å². The van der Waals surface area contributed by atoms with Crippen molar-refractivity contribution in [1.82, 2.24) is 19.9 Å². The molecule has 1 aliphatic carbocycles. The molecule has 2 aromatic rings. The molecule has 0 spiro atoms. The van der Waals surface area contributed by atoms with E-state index in [1.54, 1.807) is 11.3 Å². The zero-order chi connectivity index (χ0) is 12.4. The van der Waals surface area contributed by atoms with Crippen LogP contribution in [0.3, 0.4) is 0 Å². The molecule has 18 heavy (non-hydrogen) atoms. The average molecular weight is 262 g/mol. The minimum atomic E-state index is 0.333. The van der Waals surface area contributed by atoms with E-state index in [2.05, 4.69) is 33.0 Å². The molecule has 2 aromatic heterocycles. The third kappa shape index (κ3) is 2.33. The van der Waals surface area contributed by atoms with Crippen molar-refractivity contribution in [3.8, 4) is 0 Å². The van der Waals surface area contributed by atoms with E-state index in [0.29, 0.717) is 18.1 Å². The average Bonchev–Trinajstić information content (AvgIpc) is 3.11. The lowest BCUT2D eigenvalue weighted by molar-refractivity contribution is 0.362. The van der Waals surface area contributed by atoms with Crippen molar-refractivity contribution in [2.45, 2.75) is 44.3 Å². The van der Waals surface area contributed by atoms with Crippen LogP contribution in [0.1, 0.15) is 43.3 Å². The Kier molecular flexibility index (Phi) is 3.43. The summed E-state index contributed by atoms with van der Waals surface area (Å²) in [5.41, 5.74) is 0. The van der Waals surface area contributed by atoms with Gasteiger partial charge in [0.25, 0.3) is 0 Å². The maximum absolute atomic E-state index is 4.38. The van der Waals surface area contributed by atoms with Gasteiger partial charge in [-0.2, -0.15) is 0 Å². The smallest absolute Gasteiger partial charge is 0.109 e. The fourth-order valence-corrected chi connectivity index (χ4v) is 3.45. The van der Waals surface area contributed by atoms with Gasteiger partial charge in [-0.3, -0.25) is 0 Å². The normalized spacial score (nSPS) is 25.4. The summed E-state index contributed by atoms with van der Waals surface area (Å²) in [5.74, 6) is 0. The molecule has 1 aliphatic rings. The van der Waals surface area contributed by atoms with E-state index in [-0.39, 0.29) is 0 Å². The lowest BCUT2D eigenvalue weighted by atomic mass is 10.1. The highest BCUT2D eigenvalue weighted by Crippen LogP contribution is 2.31. The van der Waals surface area contributed by atoms with Gasteiger partial charge < -0.3 is 9.88 Å². The van der Waals surface area contributed by atoms with Gasteiger partial charge in [0.2, 0.25) is 0 Å². The minimum absolute atomic E-state index is 0.333. The maximum atomic E-state index is 4.38. The van der Waals surface area contributed by atoms with E-state index < -0.39 is 0 Å². The zero-order valence-electron chi connectivity index (χ0n) is 10.5. The molecule has 2 heterocycles. The number of imidazole rings is 1. The lowest BCUT2D eigenvalue weighted by Crippen LogP contribution is -2.35. The summed E-state index contributed by atoms with van der Waals surface area (Å²) in [6.07, 6.45) is 11.5. The second-order valence-corrected chi connectivity index (χ2v) is 5.80. The van der Waals surface area contributed by atoms with Crippen LogP contribution >= 0.6 is 11.3 Å². The quantitative estimate of drug-likeness (QED) is 0.921. The number of aromatic nitrogens is 3. The standard InChI is InChI=1S/C13H18N4S/c1-10(13-15-6-8-18-13)16-11-3-2-4-12(11)17-7-5-14-9-17/h5-12,16H,2-4H2,1H3. The molecule has 3 unspecified atom stereocenters. The molecular formula is C13H18N4S. The predicted octanol–water partition coefficient (Wildman–Crippen LogP) is 2.78. The number of hydrogen-bond acceptors (Lipinski definition) is 4. The van der Waals surface area contributed by atoms with Crippen molar-refractivity contribution in [1.29, 1.82) is 0 Å². The molecule has 3 atom stereocenters. The van der Waals surface area contributed by atoms with Gasteiger partial charge in [-0.05, 0) is 26.2 Å². The van der Waals surface area contributed by atoms with E-state index in [0.717, 1.165) is 0 Å². The van der Waals surface area contributed by atoms with E-state index in [1.165, 1.54) is 24.3 Å². The fourth-order valence-electron chi connectivity index (χ4n) is 2.80. The summed E-state index contributed by atoms with van der Waals surface area (Å²) in [6.45, 7) is 2.20. The molecular weight excluding hydrogens is 244 g/mol. The minimum Gasteiger partial charge on any atom is -0.333 e. The molecule has 96 valence electrons. The van der Waals surface area contributed by atoms with Crippen molar-refractivity contribution < 1.29 is 0 Å². The van der Waals surface area contributed by atoms with Crippen molar-refractivity contribution in [3.63, 3.8) is 0 Å². The Balaban J connectivity index is 1.68. The van der Waals surface area contributed by atoms with Crippen LogP contribution in [0.5, 0.6) is 0 Å². The Hall–Kier alpha value is -1.20. The molecule has 0 radical (unpaired) electrons. The largest absolute Gasteiger partial charge is 0.333 e. The molecule has 1 N–H and O–H groups in total. The number of hydrogen-bond donors (Lipinski definition) is 1. The summed E-state index contributed by atoms with van der Waals surface area (Å²) in [5, 5.41) is 6.93. The Bertz CT molecular complexity index is 465. The molecule has 3 rings (SSSR count). The van der Waals surface area contributed by atoms with Crippen LogP contribution in [0.25, 0.3) is 0 Å². The topological polar surface area (TPSA) is 42.7 Å². The molecule has 0 amide bonds. The van der Waals surface area contributed by atoms with Crippen molar-refractivity contribution in [2.75, 3.05) is 0 Å². The van der Waals surface area contributed by atoms with Crippen LogP contribution in [0.2, 0.25) is 0 Å². The van der Waals surface area contributed by atoms with Gasteiger partial charge in [0.05, 0.1) is 12.4 Å². The summed E-state index contributed by atoms with van der Waals surface area (Å²) in [7, 11) is 0. The predicted molar refractivity (Wildman–Crippen MR) is 72.6 cm³/mol. The summed E-state index contributed by atoms with van der Waals surface area (Å²) >= 11 is 1.72.